The average molecular weight is 308 g/mol. The number of carbonyl (C=O) groups is 1. The van der Waals surface area contributed by atoms with Crippen LogP contribution in [0.15, 0.2) is 24.3 Å². The summed E-state index contributed by atoms with van der Waals surface area (Å²) in [4.78, 5) is 10.8. The molecule has 1 aliphatic carbocycles. The van der Waals surface area contributed by atoms with E-state index in [1.807, 2.05) is 6.07 Å². The van der Waals surface area contributed by atoms with Crippen LogP contribution in [0, 0.1) is 17.2 Å². The number of nitrogens with zero attached hydrogens (tertiary/aromatic N) is 1. The third-order valence-electron chi connectivity index (χ3n) is 3.36. The maximum Gasteiger partial charge on any atom is 0.304 e. The predicted octanol–water partition coefficient (Wildman–Crippen LogP) is 1.23. The van der Waals surface area contributed by atoms with Crippen LogP contribution in [0.4, 0.5) is 0 Å². The van der Waals surface area contributed by atoms with Crippen molar-refractivity contribution in [3.05, 3.63) is 35.4 Å². The monoisotopic (exact) mass is 308 g/mol. The minimum absolute atomic E-state index is 0.122. The van der Waals surface area contributed by atoms with Crippen LogP contribution in [0.3, 0.4) is 0 Å². The molecule has 0 bridgehead atoms. The molecular formula is C14H16N2O4S. The maximum atomic E-state index is 12.1. The van der Waals surface area contributed by atoms with Gasteiger partial charge in [-0.25, -0.2) is 13.1 Å². The summed E-state index contributed by atoms with van der Waals surface area (Å²) in [6, 6.07) is 7.71. The third-order valence-corrected chi connectivity index (χ3v) is 4.73. The quantitative estimate of drug-likeness (QED) is 0.787. The Bertz CT molecular complexity index is 657. The Balaban J connectivity index is 2.02. The minimum Gasteiger partial charge on any atom is -0.481 e. The Kier molecular flexibility index (Phi) is 4.60. The zero-order valence-electron chi connectivity index (χ0n) is 11.3. The highest BCUT2D eigenvalue weighted by molar-refractivity contribution is 7.88. The number of nitrogens with one attached hydrogen (secondary N) is 1. The van der Waals surface area contributed by atoms with Crippen molar-refractivity contribution in [2.45, 2.75) is 31.1 Å². The standard InChI is InChI=1S/C14H16N2O4S/c15-8-10-1-3-11(4-2-10)9-21(19,20)16-13(7-14(17)18)12-5-6-12/h1-4,12-13,16H,5-7,9H2,(H,17,18). The number of hydrogen-bond acceptors (Lipinski definition) is 4. The van der Waals surface area contributed by atoms with E-state index in [1.54, 1.807) is 24.3 Å². The van der Waals surface area contributed by atoms with E-state index in [0.717, 1.165) is 12.8 Å². The van der Waals surface area contributed by atoms with Gasteiger partial charge in [-0.1, -0.05) is 12.1 Å². The van der Waals surface area contributed by atoms with Crippen LogP contribution in [0.25, 0.3) is 0 Å². The molecule has 1 atom stereocenters. The van der Waals surface area contributed by atoms with Crippen molar-refractivity contribution < 1.29 is 18.3 Å². The molecule has 0 saturated heterocycles. The molecule has 0 aliphatic heterocycles. The molecule has 1 unspecified atom stereocenters. The average Bonchev–Trinajstić information content (AvgIpc) is 3.21. The van der Waals surface area contributed by atoms with E-state index in [0.29, 0.717) is 11.1 Å². The van der Waals surface area contributed by atoms with E-state index in [1.165, 1.54) is 0 Å². The molecule has 1 aromatic rings. The van der Waals surface area contributed by atoms with Gasteiger partial charge in [-0.05, 0) is 36.5 Å². The van der Waals surface area contributed by atoms with Crippen LogP contribution in [-0.4, -0.2) is 25.5 Å². The molecule has 1 saturated carbocycles. The second-order valence-electron chi connectivity index (χ2n) is 5.23. The third kappa shape index (κ3) is 4.85. The number of hydrogen-bond donors (Lipinski definition) is 2. The van der Waals surface area contributed by atoms with Crippen molar-refractivity contribution in [1.82, 2.24) is 4.72 Å². The molecule has 2 N–H and O–H groups in total. The van der Waals surface area contributed by atoms with E-state index in [9.17, 15) is 13.2 Å². The smallest absolute Gasteiger partial charge is 0.304 e. The van der Waals surface area contributed by atoms with Gasteiger partial charge in [0.2, 0.25) is 10.0 Å². The topological polar surface area (TPSA) is 107 Å². The molecule has 0 spiro atoms. The van der Waals surface area contributed by atoms with Gasteiger partial charge < -0.3 is 5.11 Å². The summed E-state index contributed by atoms with van der Waals surface area (Å²) in [5.41, 5.74) is 1.03. The van der Waals surface area contributed by atoms with Gasteiger partial charge in [0.1, 0.15) is 0 Å². The van der Waals surface area contributed by atoms with Gasteiger partial charge in [-0.15, -0.1) is 0 Å². The Morgan fingerprint density at radius 2 is 2.00 bits per heavy atom. The van der Waals surface area contributed by atoms with E-state index >= 15 is 0 Å². The molecule has 0 heterocycles. The molecule has 21 heavy (non-hydrogen) atoms. The van der Waals surface area contributed by atoms with Crippen molar-refractivity contribution in [1.29, 1.82) is 5.26 Å². The summed E-state index contributed by atoms with van der Waals surface area (Å²) in [6.45, 7) is 0. The number of carboxylic acids is 1. The van der Waals surface area contributed by atoms with Gasteiger partial charge in [-0.2, -0.15) is 5.26 Å². The molecule has 1 aliphatic rings. The number of benzene rings is 1. The Morgan fingerprint density at radius 1 is 1.38 bits per heavy atom. The molecule has 7 heteroatoms. The van der Waals surface area contributed by atoms with Gasteiger partial charge in [0, 0.05) is 6.04 Å². The lowest BCUT2D eigenvalue weighted by Crippen LogP contribution is -2.38. The molecule has 1 fully saturated rings. The van der Waals surface area contributed by atoms with E-state index < -0.39 is 22.0 Å². The lowest BCUT2D eigenvalue weighted by molar-refractivity contribution is -0.137. The van der Waals surface area contributed by atoms with Crippen molar-refractivity contribution in [2.75, 3.05) is 0 Å². The van der Waals surface area contributed by atoms with E-state index in [-0.39, 0.29) is 18.1 Å². The molecule has 0 amide bonds. The fourth-order valence-electron chi connectivity index (χ4n) is 2.16. The molecular weight excluding hydrogens is 292 g/mol. The molecule has 1 aromatic carbocycles. The van der Waals surface area contributed by atoms with Crippen LogP contribution >= 0.6 is 0 Å². The summed E-state index contributed by atoms with van der Waals surface area (Å²) in [5.74, 6) is -1.11. The number of rotatable bonds is 7. The normalized spacial score (nSPS) is 16.1. The highest BCUT2D eigenvalue weighted by Crippen LogP contribution is 2.34. The van der Waals surface area contributed by atoms with Gasteiger partial charge in [-0.3, -0.25) is 4.79 Å². The molecule has 0 radical (unpaired) electrons. The van der Waals surface area contributed by atoms with Gasteiger partial charge in [0.15, 0.2) is 0 Å². The Hall–Kier alpha value is -1.91. The van der Waals surface area contributed by atoms with Crippen LogP contribution in [0.1, 0.15) is 30.4 Å². The fraction of sp³-hybridized carbons (Fsp3) is 0.429. The first kappa shape index (κ1) is 15.5. The highest BCUT2D eigenvalue weighted by atomic mass is 32.2. The molecule has 0 aromatic heterocycles. The zero-order chi connectivity index (χ0) is 15.5. The van der Waals surface area contributed by atoms with Crippen molar-refractivity contribution in [3.63, 3.8) is 0 Å². The number of aliphatic carboxylic acids is 1. The molecule has 2 rings (SSSR count). The second kappa shape index (κ2) is 6.24. The van der Waals surface area contributed by atoms with E-state index in [2.05, 4.69) is 4.72 Å². The Labute approximate surface area is 123 Å². The van der Waals surface area contributed by atoms with Crippen LogP contribution in [0.2, 0.25) is 0 Å². The SMILES string of the molecule is N#Cc1ccc(CS(=O)(=O)NC(CC(=O)O)C2CC2)cc1. The van der Waals surface area contributed by atoms with E-state index in [4.69, 9.17) is 10.4 Å². The van der Waals surface area contributed by atoms with Crippen LogP contribution < -0.4 is 4.72 Å². The summed E-state index contributed by atoms with van der Waals surface area (Å²) < 4.78 is 26.7. The van der Waals surface area contributed by atoms with Gasteiger partial charge >= 0.3 is 5.97 Å². The van der Waals surface area contributed by atoms with Crippen LogP contribution in [-0.2, 0) is 20.6 Å². The van der Waals surface area contributed by atoms with Crippen LogP contribution in [0.5, 0.6) is 0 Å². The summed E-state index contributed by atoms with van der Waals surface area (Å²) in [5, 5.41) is 17.5. The number of carboxylic acid groups (broad SMARTS) is 1. The van der Waals surface area contributed by atoms with Crippen molar-refractivity contribution >= 4 is 16.0 Å². The Morgan fingerprint density at radius 3 is 2.48 bits per heavy atom. The summed E-state index contributed by atoms with van der Waals surface area (Å²) >= 11 is 0. The zero-order valence-corrected chi connectivity index (χ0v) is 12.1. The largest absolute Gasteiger partial charge is 0.481 e. The highest BCUT2D eigenvalue weighted by Gasteiger charge is 2.35. The second-order valence-corrected chi connectivity index (χ2v) is 6.98. The van der Waals surface area contributed by atoms with Gasteiger partial charge in [0.25, 0.3) is 0 Å². The first-order valence-corrected chi connectivity index (χ1v) is 8.25. The predicted molar refractivity (Wildman–Crippen MR) is 75.7 cm³/mol. The number of nitriles is 1. The maximum absolute atomic E-state index is 12.1. The first-order valence-electron chi connectivity index (χ1n) is 6.60. The lowest BCUT2D eigenvalue weighted by Gasteiger charge is -2.16. The first-order chi connectivity index (χ1) is 9.89. The lowest BCUT2D eigenvalue weighted by atomic mass is 10.1. The summed E-state index contributed by atoms with van der Waals surface area (Å²) in [7, 11) is -3.60. The minimum atomic E-state index is -3.60. The van der Waals surface area contributed by atoms with Crippen molar-refractivity contribution in [3.8, 4) is 6.07 Å². The number of sulfonamides is 1. The fourth-order valence-corrected chi connectivity index (χ4v) is 3.61. The molecule has 6 nitrogen and oxygen atoms in total. The molecule has 112 valence electrons. The van der Waals surface area contributed by atoms with Gasteiger partial charge in [0.05, 0.1) is 23.8 Å². The summed E-state index contributed by atoms with van der Waals surface area (Å²) in [6.07, 6.45) is 1.52. The van der Waals surface area contributed by atoms with Crippen molar-refractivity contribution in [2.24, 2.45) is 5.92 Å².